The lowest BCUT2D eigenvalue weighted by molar-refractivity contribution is -0.134. The van der Waals surface area contributed by atoms with Gasteiger partial charge in [-0.1, -0.05) is 6.92 Å². The number of nitriles is 1. The second-order valence-corrected chi connectivity index (χ2v) is 5.09. The second kappa shape index (κ2) is 5.83. The Balaban J connectivity index is 1.91. The second-order valence-electron chi connectivity index (χ2n) is 4.22. The zero-order chi connectivity index (χ0) is 13.0. The van der Waals surface area contributed by atoms with Crippen molar-refractivity contribution in [1.82, 2.24) is 9.88 Å². The first-order valence-electron chi connectivity index (χ1n) is 6.09. The Morgan fingerprint density at radius 2 is 2.28 bits per heavy atom. The molecule has 1 fully saturated rings. The van der Waals surface area contributed by atoms with Crippen molar-refractivity contribution in [2.24, 2.45) is 5.92 Å². The van der Waals surface area contributed by atoms with Crippen LogP contribution in [0.5, 0.6) is 0 Å². The average Bonchev–Trinajstić information content (AvgIpc) is 2.94. The Morgan fingerprint density at radius 3 is 2.78 bits per heavy atom. The maximum atomic E-state index is 12.0. The molecule has 0 radical (unpaired) electrons. The van der Waals surface area contributed by atoms with Gasteiger partial charge in [-0.15, -0.1) is 11.3 Å². The Kier molecular flexibility index (Phi) is 4.15. The number of rotatable bonds is 3. The number of aromatic nitrogens is 1. The highest BCUT2D eigenvalue weighted by atomic mass is 32.1. The molecule has 1 aliphatic rings. The number of hydrogen-bond acceptors (Lipinski definition) is 5. The lowest BCUT2D eigenvalue weighted by Gasteiger charge is -2.35. The van der Waals surface area contributed by atoms with Crippen molar-refractivity contribution in [1.29, 1.82) is 5.26 Å². The van der Waals surface area contributed by atoms with E-state index in [-0.39, 0.29) is 5.91 Å². The summed E-state index contributed by atoms with van der Waals surface area (Å²) in [5.41, 5.74) is 0. The molecule has 96 valence electrons. The minimum absolute atomic E-state index is 0.0289. The average molecular weight is 264 g/mol. The highest BCUT2D eigenvalue weighted by molar-refractivity contribution is 7.13. The molecule has 1 unspecified atom stereocenters. The Hall–Kier alpha value is -1.61. The summed E-state index contributed by atoms with van der Waals surface area (Å²) in [4.78, 5) is 20.3. The smallest absolute Gasteiger partial charge is 0.240 e. The number of piperazine rings is 1. The molecule has 5 nitrogen and oxygen atoms in total. The van der Waals surface area contributed by atoms with Gasteiger partial charge in [-0.3, -0.25) is 4.79 Å². The summed E-state index contributed by atoms with van der Waals surface area (Å²) < 4.78 is 0. The van der Waals surface area contributed by atoms with Crippen LogP contribution in [0.1, 0.15) is 13.3 Å². The molecule has 0 aliphatic carbocycles. The molecule has 0 bridgehead atoms. The molecule has 0 spiro atoms. The minimum Gasteiger partial charge on any atom is -0.345 e. The molecule has 1 aromatic rings. The molecule has 0 saturated carbocycles. The normalized spacial score (nSPS) is 17.3. The molecular weight excluding hydrogens is 248 g/mol. The molecule has 2 heterocycles. The van der Waals surface area contributed by atoms with Gasteiger partial charge in [0, 0.05) is 37.8 Å². The molecule has 1 aromatic heterocycles. The molecule has 0 N–H and O–H groups in total. The van der Waals surface area contributed by atoms with Gasteiger partial charge < -0.3 is 9.80 Å². The van der Waals surface area contributed by atoms with Crippen LogP contribution in [0.15, 0.2) is 11.6 Å². The number of hydrogen-bond donors (Lipinski definition) is 0. The van der Waals surface area contributed by atoms with Gasteiger partial charge in [0.2, 0.25) is 5.91 Å². The summed E-state index contributed by atoms with van der Waals surface area (Å²) in [6.07, 6.45) is 2.38. The van der Waals surface area contributed by atoms with E-state index < -0.39 is 5.92 Å². The molecule has 1 saturated heterocycles. The Bertz CT molecular complexity index is 431. The van der Waals surface area contributed by atoms with Crippen LogP contribution in [0, 0.1) is 17.2 Å². The van der Waals surface area contributed by atoms with Crippen LogP contribution < -0.4 is 4.90 Å². The van der Waals surface area contributed by atoms with E-state index in [1.165, 1.54) is 0 Å². The predicted octanol–water partition coefficient (Wildman–Crippen LogP) is 1.34. The van der Waals surface area contributed by atoms with E-state index in [0.717, 1.165) is 18.2 Å². The van der Waals surface area contributed by atoms with Crippen molar-refractivity contribution < 1.29 is 4.79 Å². The van der Waals surface area contributed by atoms with Gasteiger partial charge in [-0.2, -0.15) is 5.26 Å². The zero-order valence-corrected chi connectivity index (χ0v) is 11.2. The number of thiazole rings is 1. The molecule has 1 amide bonds. The van der Waals surface area contributed by atoms with E-state index in [9.17, 15) is 4.79 Å². The van der Waals surface area contributed by atoms with E-state index in [0.29, 0.717) is 19.5 Å². The molecule has 6 heteroatoms. The van der Waals surface area contributed by atoms with Crippen LogP contribution in [0.25, 0.3) is 0 Å². The van der Waals surface area contributed by atoms with Gasteiger partial charge in [-0.25, -0.2) is 4.98 Å². The van der Waals surface area contributed by atoms with Crippen molar-refractivity contribution in [3.05, 3.63) is 11.6 Å². The third-order valence-electron chi connectivity index (χ3n) is 3.14. The van der Waals surface area contributed by atoms with Gasteiger partial charge in [0.1, 0.15) is 5.92 Å². The first kappa shape index (κ1) is 12.8. The number of amides is 1. The number of carbonyl (C=O) groups excluding carboxylic acids is 1. The zero-order valence-electron chi connectivity index (χ0n) is 10.4. The predicted molar refractivity (Wildman–Crippen MR) is 70.3 cm³/mol. The van der Waals surface area contributed by atoms with E-state index in [1.54, 1.807) is 22.4 Å². The quantitative estimate of drug-likeness (QED) is 0.826. The van der Waals surface area contributed by atoms with Gasteiger partial charge in [-0.05, 0) is 6.42 Å². The van der Waals surface area contributed by atoms with Crippen molar-refractivity contribution in [2.75, 3.05) is 31.1 Å². The Labute approximate surface area is 111 Å². The van der Waals surface area contributed by atoms with E-state index in [2.05, 4.69) is 16.0 Å². The molecule has 18 heavy (non-hydrogen) atoms. The van der Waals surface area contributed by atoms with Crippen LogP contribution in [-0.4, -0.2) is 42.0 Å². The maximum absolute atomic E-state index is 12.0. The number of carbonyl (C=O) groups is 1. The molecule has 1 aliphatic heterocycles. The van der Waals surface area contributed by atoms with Gasteiger partial charge in [0.25, 0.3) is 0 Å². The third-order valence-corrected chi connectivity index (χ3v) is 3.98. The van der Waals surface area contributed by atoms with Crippen LogP contribution in [0.3, 0.4) is 0 Å². The first-order chi connectivity index (χ1) is 8.76. The highest BCUT2D eigenvalue weighted by Gasteiger charge is 2.26. The molecule has 2 rings (SSSR count). The number of anilines is 1. The number of nitrogens with zero attached hydrogens (tertiary/aromatic N) is 4. The lowest BCUT2D eigenvalue weighted by atomic mass is 10.1. The van der Waals surface area contributed by atoms with Crippen LogP contribution in [0.4, 0.5) is 5.13 Å². The lowest BCUT2D eigenvalue weighted by Crippen LogP contribution is -2.50. The summed E-state index contributed by atoms with van der Waals surface area (Å²) in [6.45, 7) is 4.81. The maximum Gasteiger partial charge on any atom is 0.240 e. The monoisotopic (exact) mass is 264 g/mol. The first-order valence-corrected chi connectivity index (χ1v) is 6.97. The summed E-state index contributed by atoms with van der Waals surface area (Å²) in [5.74, 6) is -0.518. The van der Waals surface area contributed by atoms with Crippen LogP contribution >= 0.6 is 11.3 Å². The standard InChI is InChI=1S/C12H16N4OS/c1-2-10(9-13)11(17)15-4-6-16(7-5-15)12-14-3-8-18-12/h3,8,10H,2,4-7H2,1H3. The third kappa shape index (κ3) is 2.62. The van der Waals surface area contributed by atoms with E-state index in [4.69, 9.17) is 5.26 Å². The summed E-state index contributed by atoms with van der Waals surface area (Å²) in [7, 11) is 0. The summed E-state index contributed by atoms with van der Waals surface area (Å²) in [5, 5.41) is 11.9. The summed E-state index contributed by atoms with van der Waals surface area (Å²) in [6, 6.07) is 2.07. The SMILES string of the molecule is CCC(C#N)C(=O)N1CCN(c2nccs2)CC1. The van der Waals surface area contributed by atoms with Gasteiger partial charge in [0.05, 0.1) is 6.07 Å². The highest BCUT2D eigenvalue weighted by Crippen LogP contribution is 2.19. The van der Waals surface area contributed by atoms with Gasteiger partial charge in [0.15, 0.2) is 5.13 Å². The summed E-state index contributed by atoms with van der Waals surface area (Å²) >= 11 is 1.61. The van der Waals surface area contributed by atoms with Crippen molar-refractivity contribution in [2.45, 2.75) is 13.3 Å². The van der Waals surface area contributed by atoms with E-state index >= 15 is 0 Å². The van der Waals surface area contributed by atoms with Crippen LogP contribution in [-0.2, 0) is 4.79 Å². The minimum atomic E-state index is -0.489. The van der Waals surface area contributed by atoms with Crippen molar-refractivity contribution in [3.63, 3.8) is 0 Å². The topological polar surface area (TPSA) is 60.2 Å². The molecule has 0 aromatic carbocycles. The fourth-order valence-corrected chi connectivity index (χ4v) is 2.73. The molecular formula is C12H16N4OS. The fraction of sp³-hybridized carbons (Fsp3) is 0.583. The fourth-order valence-electron chi connectivity index (χ4n) is 2.03. The van der Waals surface area contributed by atoms with E-state index in [1.807, 2.05) is 12.3 Å². The van der Waals surface area contributed by atoms with Gasteiger partial charge >= 0.3 is 0 Å². The Morgan fingerprint density at radius 1 is 1.56 bits per heavy atom. The molecule has 1 atom stereocenters. The van der Waals surface area contributed by atoms with Crippen molar-refractivity contribution >= 4 is 22.4 Å². The largest absolute Gasteiger partial charge is 0.345 e. The van der Waals surface area contributed by atoms with Crippen molar-refractivity contribution in [3.8, 4) is 6.07 Å². The van der Waals surface area contributed by atoms with Crippen LogP contribution in [0.2, 0.25) is 0 Å².